The molecule has 2 rings (SSSR count). The van der Waals surface area contributed by atoms with E-state index in [4.69, 9.17) is 0 Å². The molecule has 2 aromatic rings. The van der Waals surface area contributed by atoms with Crippen LogP contribution in [0.5, 0.6) is 0 Å². The highest BCUT2D eigenvalue weighted by molar-refractivity contribution is 7.21. The van der Waals surface area contributed by atoms with E-state index in [9.17, 15) is 0 Å². The summed E-state index contributed by atoms with van der Waals surface area (Å²) in [6, 6.07) is 4.28. The van der Waals surface area contributed by atoms with Crippen LogP contribution in [0, 0.1) is 6.92 Å². The summed E-state index contributed by atoms with van der Waals surface area (Å²) < 4.78 is 0. The van der Waals surface area contributed by atoms with E-state index in [1.807, 2.05) is 23.0 Å². The van der Waals surface area contributed by atoms with Crippen molar-refractivity contribution in [2.45, 2.75) is 6.92 Å². The zero-order valence-electron chi connectivity index (χ0n) is 6.07. The fourth-order valence-corrected chi connectivity index (χ4v) is 2.49. The molecule has 0 atom stereocenters. The molecule has 0 aliphatic rings. The number of aryl methyl sites for hydroxylation is 1. The maximum absolute atomic E-state index is 4.03. The van der Waals surface area contributed by atoms with Crippen molar-refractivity contribution in [1.82, 2.24) is 4.98 Å². The Morgan fingerprint density at radius 1 is 1.27 bits per heavy atom. The van der Waals surface area contributed by atoms with Gasteiger partial charge in [0.15, 0.2) is 0 Å². The van der Waals surface area contributed by atoms with Gasteiger partial charge in [-0.05, 0) is 19.1 Å². The van der Waals surface area contributed by atoms with Crippen LogP contribution in [0.3, 0.4) is 0 Å². The van der Waals surface area contributed by atoms with Gasteiger partial charge in [-0.15, -0.1) is 22.7 Å². The van der Waals surface area contributed by atoms with Gasteiger partial charge in [0.05, 0.1) is 10.4 Å². The monoisotopic (exact) mass is 181 g/mol. The zero-order valence-corrected chi connectivity index (χ0v) is 7.71. The van der Waals surface area contributed by atoms with Crippen LogP contribution in [-0.2, 0) is 0 Å². The van der Waals surface area contributed by atoms with Gasteiger partial charge in [-0.25, -0.2) is 0 Å². The lowest BCUT2D eigenvalue weighted by molar-refractivity contribution is 1.43. The summed E-state index contributed by atoms with van der Waals surface area (Å²) in [4.78, 5) is 7.98. The maximum atomic E-state index is 4.03. The van der Waals surface area contributed by atoms with Crippen molar-refractivity contribution >= 4 is 22.7 Å². The summed E-state index contributed by atoms with van der Waals surface area (Å²) in [6.07, 6.45) is 1.91. The smallest absolute Gasteiger partial charge is 0.0798 e. The molecule has 0 fully saturated rings. The molecule has 2 heterocycles. The van der Waals surface area contributed by atoms with Crippen molar-refractivity contribution < 1.29 is 0 Å². The first-order valence-electron chi connectivity index (χ1n) is 3.31. The molecule has 0 radical (unpaired) electrons. The van der Waals surface area contributed by atoms with Crippen LogP contribution in [0.2, 0.25) is 0 Å². The number of thiophene rings is 1. The van der Waals surface area contributed by atoms with E-state index in [-0.39, 0.29) is 0 Å². The van der Waals surface area contributed by atoms with Crippen molar-refractivity contribution in [3.8, 4) is 9.75 Å². The van der Waals surface area contributed by atoms with Crippen molar-refractivity contribution in [1.29, 1.82) is 0 Å². The molecule has 0 aliphatic heterocycles. The molecule has 0 N–H and O–H groups in total. The number of nitrogens with zero attached hydrogens (tertiary/aromatic N) is 1. The van der Waals surface area contributed by atoms with Crippen molar-refractivity contribution in [3.63, 3.8) is 0 Å². The lowest BCUT2D eigenvalue weighted by Crippen LogP contribution is -1.57. The van der Waals surface area contributed by atoms with Gasteiger partial charge in [-0.3, -0.25) is 4.98 Å². The Hall–Kier alpha value is -0.670. The molecule has 0 bridgehead atoms. The highest BCUT2D eigenvalue weighted by atomic mass is 32.1. The van der Waals surface area contributed by atoms with Crippen LogP contribution >= 0.6 is 22.7 Å². The van der Waals surface area contributed by atoms with Gasteiger partial charge in [0, 0.05) is 16.0 Å². The first-order chi connectivity index (χ1) is 5.36. The van der Waals surface area contributed by atoms with Crippen LogP contribution in [-0.4, -0.2) is 4.98 Å². The van der Waals surface area contributed by atoms with Crippen LogP contribution in [0.15, 0.2) is 23.8 Å². The molecule has 0 aromatic carbocycles. The molecular formula is C8H7NS2. The van der Waals surface area contributed by atoms with Gasteiger partial charge in [-0.2, -0.15) is 0 Å². The van der Waals surface area contributed by atoms with E-state index in [0.29, 0.717) is 0 Å². The molecular weight excluding hydrogens is 174 g/mol. The fourth-order valence-electron chi connectivity index (χ4n) is 0.904. The van der Waals surface area contributed by atoms with Crippen molar-refractivity contribution in [3.05, 3.63) is 28.7 Å². The van der Waals surface area contributed by atoms with Crippen molar-refractivity contribution in [2.24, 2.45) is 0 Å². The second kappa shape index (κ2) is 2.75. The highest BCUT2D eigenvalue weighted by Gasteiger charge is 2.00. The van der Waals surface area contributed by atoms with Crippen LogP contribution < -0.4 is 0 Å². The lowest BCUT2D eigenvalue weighted by atomic mass is 10.4. The fraction of sp³-hybridized carbons (Fsp3) is 0.125. The van der Waals surface area contributed by atoms with Crippen LogP contribution in [0.25, 0.3) is 9.75 Å². The average Bonchev–Trinajstić information content (AvgIpc) is 2.55. The Balaban J connectivity index is 2.45. The predicted molar refractivity (Wildman–Crippen MR) is 50.2 cm³/mol. The van der Waals surface area contributed by atoms with Gasteiger partial charge < -0.3 is 0 Å². The van der Waals surface area contributed by atoms with E-state index in [0.717, 1.165) is 0 Å². The molecule has 0 saturated heterocycles. The minimum Gasteiger partial charge on any atom is -0.252 e. The molecule has 1 nitrogen and oxygen atoms in total. The molecule has 0 amide bonds. The summed E-state index contributed by atoms with van der Waals surface area (Å²) in [5.74, 6) is 0. The average molecular weight is 181 g/mol. The standard InChI is InChI=1S/C8H7NS2/c1-6-2-3-7(11-6)8-4-9-5-10-8/h2-5H,1H3. The quantitative estimate of drug-likeness (QED) is 0.658. The summed E-state index contributed by atoms with van der Waals surface area (Å²) in [5, 5.41) is 0. The molecule has 56 valence electrons. The normalized spacial score (nSPS) is 10.3. The lowest BCUT2D eigenvalue weighted by Gasteiger charge is -1.84. The molecule has 11 heavy (non-hydrogen) atoms. The van der Waals surface area contributed by atoms with Gasteiger partial charge >= 0.3 is 0 Å². The zero-order chi connectivity index (χ0) is 7.68. The third-order valence-electron chi connectivity index (χ3n) is 1.42. The summed E-state index contributed by atoms with van der Waals surface area (Å²) in [5.41, 5.74) is 1.87. The molecule has 0 aliphatic carbocycles. The minimum atomic E-state index is 1.27. The number of thiazole rings is 1. The number of hydrogen-bond acceptors (Lipinski definition) is 3. The van der Waals surface area contributed by atoms with Crippen LogP contribution in [0.1, 0.15) is 4.88 Å². The predicted octanol–water partition coefficient (Wildman–Crippen LogP) is 3.18. The first kappa shape index (κ1) is 7.00. The number of hydrogen-bond donors (Lipinski definition) is 0. The summed E-state index contributed by atoms with van der Waals surface area (Å²) in [6.45, 7) is 2.12. The van der Waals surface area contributed by atoms with Gasteiger partial charge in [0.2, 0.25) is 0 Å². The Kier molecular flexibility index (Phi) is 1.75. The Bertz CT molecular complexity index is 335. The molecule has 0 saturated carbocycles. The molecule has 3 heteroatoms. The van der Waals surface area contributed by atoms with Crippen molar-refractivity contribution in [2.75, 3.05) is 0 Å². The van der Waals surface area contributed by atoms with E-state index in [1.54, 1.807) is 11.3 Å². The highest BCUT2D eigenvalue weighted by Crippen LogP contribution is 2.29. The van der Waals surface area contributed by atoms with Gasteiger partial charge in [-0.1, -0.05) is 0 Å². The number of aromatic nitrogens is 1. The Morgan fingerprint density at radius 3 is 2.73 bits per heavy atom. The second-order valence-corrected chi connectivity index (χ2v) is 4.45. The third-order valence-corrected chi connectivity index (χ3v) is 3.39. The third kappa shape index (κ3) is 1.34. The Morgan fingerprint density at radius 2 is 2.18 bits per heavy atom. The SMILES string of the molecule is Cc1ccc(-c2cncs2)s1. The molecule has 2 aromatic heterocycles. The maximum Gasteiger partial charge on any atom is 0.0798 e. The van der Waals surface area contributed by atoms with Gasteiger partial charge in [0.25, 0.3) is 0 Å². The Labute approximate surface area is 73.4 Å². The molecule has 0 unspecified atom stereocenters. The number of rotatable bonds is 1. The minimum absolute atomic E-state index is 1.27. The van der Waals surface area contributed by atoms with E-state index in [2.05, 4.69) is 24.0 Å². The largest absolute Gasteiger partial charge is 0.252 e. The molecule has 0 spiro atoms. The topological polar surface area (TPSA) is 12.9 Å². The summed E-state index contributed by atoms with van der Waals surface area (Å²) in [7, 11) is 0. The van der Waals surface area contributed by atoms with Gasteiger partial charge in [0.1, 0.15) is 0 Å². The van der Waals surface area contributed by atoms with E-state index < -0.39 is 0 Å². The second-order valence-electron chi connectivity index (χ2n) is 2.28. The first-order valence-corrected chi connectivity index (χ1v) is 5.01. The van der Waals surface area contributed by atoms with Crippen LogP contribution in [0.4, 0.5) is 0 Å². The summed E-state index contributed by atoms with van der Waals surface area (Å²) >= 11 is 3.50. The van der Waals surface area contributed by atoms with E-state index >= 15 is 0 Å². The van der Waals surface area contributed by atoms with E-state index in [1.165, 1.54) is 14.6 Å².